The Hall–Kier alpha value is -2.43. The van der Waals surface area contributed by atoms with Crippen molar-refractivity contribution in [1.82, 2.24) is 0 Å². The van der Waals surface area contributed by atoms with E-state index < -0.39 is 10.9 Å². The lowest BCUT2D eigenvalue weighted by atomic mass is 10.0. The lowest BCUT2D eigenvalue weighted by molar-refractivity contribution is -0.384. The topological polar surface area (TPSA) is 125 Å². The van der Waals surface area contributed by atoms with E-state index in [9.17, 15) is 19.7 Å². The highest BCUT2D eigenvalue weighted by Crippen LogP contribution is 2.36. The number of amides is 1. The van der Waals surface area contributed by atoms with Gasteiger partial charge in [-0.1, -0.05) is 0 Å². The summed E-state index contributed by atoms with van der Waals surface area (Å²) >= 11 is 2.60. The molecule has 1 aromatic carbocycles. The van der Waals surface area contributed by atoms with Crippen LogP contribution in [0.3, 0.4) is 0 Å². The number of hydrogen-bond acceptors (Lipinski definition) is 8. The molecule has 0 spiro atoms. The Bertz CT molecular complexity index is 820. The van der Waals surface area contributed by atoms with Crippen LogP contribution in [0, 0.1) is 10.1 Å². The van der Waals surface area contributed by atoms with Crippen LogP contribution in [0.5, 0.6) is 0 Å². The van der Waals surface area contributed by atoms with Crippen molar-refractivity contribution >= 4 is 45.7 Å². The maximum atomic E-state index is 12.4. The first-order chi connectivity index (χ1) is 13.0. The molecule has 0 saturated carbocycles. The molecule has 1 heterocycles. The largest absolute Gasteiger partial charge is 0.462 e. The Morgan fingerprint density at radius 1 is 1.33 bits per heavy atom. The van der Waals surface area contributed by atoms with Gasteiger partial charge in [-0.05, 0) is 24.6 Å². The third-order valence-electron chi connectivity index (χ3n) is 3.41. The smallest absolute Gasteiger partial charge is 0.341 e. The summed E-state index contributed by atoms with van der Waals surface area (Å²) in [6.45, 7) is 2.36. The maximum Gasteiger partial charge on any atom is 0.341 e. The van der Waals surface area contributed by atoms with Gasteiger partial charge in [-0.2, -0.15) is 11.8 Å². The number of nitro benzene ring substituents is 1. The number of ether oxygens (including phenoxy) is 1. The zero-order valence-electron chi connectivity index (χ0n) is 14.6. The number of non-ortho nitro benzene ring substituents is 1. The number of nitrogens with one attached hydrogen (secondary N) is 1. The molecule has 0 aliphatic carbocycles. The van der Waals surface area contributed by atoms with Crippen molar-refractivity contribution < 1.29 is 19.2 Å². The number of rotatable bonds is 9. The van der Waals surface area contributed by atoms with Gasteiger partial charge in [-0.25, -0.2) is 4.79 Å². The summed E-state index contributed by atoms with van der Waals surface area (Å²) in [6, 6.07) is 5.85. The van der Waals surface area contributed by atoms with Gasteiger partial charge in [0, 0.05) is 35.4 Å². The molecule has 0 atom stereocenters. The van der Waals surface area contributed by atoms with Crippen molar-refractivity contribution in [3.63, 3.8) is 0 Å². The SMILES string of the molecule is CCOC(=O)c1c(-c2ccc([N+](=O)[O-])cc2)csc1NC(=O)CSCCN. The zero-order valence-corrected chi connectivity index (χ0v) is 16.2. The Labute approximate surface area is 164 Å². The van der Waals surface area contributed by atoms with Crippen LogP contribution >= 0.6 is 23.1 Å². The second-order valence-corrected chi connectivity index (χ2v) is 7.25. The molecule has 27 heavy (non-hydrogen) atoms. The van der Waals surface area contributed by atoms with Gasteiger partial charge in [-0.3, -0.25) is 14.9 Å². The van der Waals surface area contributed by atoms with E-state index in [2.05, 4.69) is 5.32 Å². The van der Waals surface area contributed by atoms with E-state index in [1.54, 1.807) is 24.4 Å². The number of anilines is 1. The molecule has 1 aromatic heterocycles. The summed E-state index contributed by atoms with van der Waals surface area (Å²) in [5, 5.41) is 15.7. The van der Waals surface area contributed by atoms with Crippen molar-refractivity contribution in [2.24, 2.45) is 5.73 Å². The van der Waals surface area contributed by atoms with Gasteiger partial charge in [0.15, 0.2) is 0 Å². The van der Waals surface area contributed by atoms with Gasteiger partial charge in [0.05, 0.1) is 17.3 Å². The first-order valence-electron chi connectivity index (χ1n) is 8.09. The van der Waals surface area contributed by atoms with Crippen LogP contribution < -0.4 is 11.1 Å². The molecular weight excluding hydrogens is 390 g/mol. The summed E-state index contributed by atoms with van der Waals surface area (Å²) in [6.07, 6.45) is 0. The van der Waals surface area contributed by atoms with E-state index in [4.69, 9.17) is 10.5 Å². The Morgan fingerprint density at radius 2 is 2.04 bits per heavy atom. The zero-order chi connectivity index (χ0) is 19.8. The normalized spacial score (nSPS) is 10.4. The summed E-state index contributed by atoms with van der Waals surface area (Å²) in [5.74, 6) is 0.0917. The molecule has 1 amide bonds. The fourth-order valence-electron chi connectivity index (χ4n) is 2.24. The monoisotopic (exact) mass is 409 g/mol. The fraction of sp³-hybridized carbons (Fsp3) is 0.294. The molecule has 0 saturated heterocycles. The van der Waals surface area contributed by atoms with Crippen LogP contribution in [0.1, 0.15) is 17.3 Å². The van der Waals surface area contributed by atoms with Crippen molar-refractivity contribution in [3.05, 3.63) is 45.3 Å². The van der Waals surface area contributed by atoms with Gasteiger partial charge in [0.1, 0.15) is 10.6 Å². The highest BCUT2D eigenvalue weighted by Gasteiger charge is 2.23. The Kier molecular flexibility index (Phi) is 7.77. The Morgan fingerprint density at radius 3 is 2.63 bits per heavy atom. The van der Waals surface area contributed by atoms with Crippen molar-refractivity contribution in [1.29, 1.82) is 0 Å². The van der Waals surface area contributed by atoms with Crippen LogP contribution in [-0.2, 0) is 9.53 Å². The van der Waals surface area contributed by atoms with Gasteiger partial charge >= 0.3 is 5.97 Å². The number of nitrogens with zero attached hydrogens (tertiary/aromatic N) is 1. The molecule has 3 N–H and O–H groups in total. The van der Waals surface area contributed by atoms with Crippen LogP contribution in [0.15, 0.2) is 29.6 Å². The van der Waals surface area contributed by atoms with E-state index in [1.807, 2.05) is 0 Å². The molecule has 8 nitrogen and oxygen atoms in total. The third kappa shape index (κ3) is 5.52. The number of carbonyl (C=O) groups excluding carboxylic acids is 2. The fourth-order valence-corrected chi connectivity index (χ4v) is 3.78. The summed E-state index contributed by atoms with van der Waals surface area (Å²) in [7, 11) is 0. The molecular formula is C17H19N3O5S2. The van der Waals surface area contributed by atoms with Gasteiger partial charge < -0.3 is 15.8 Å². The number of thioether (sulfide) groups is 1. The maximum absolute atomic E-state index is 12.4. The molecule has 2 aromatic rings. The highest BCUT2D eigenvalue weighted by atomic mass is 32.2. The number of hydrogen-bond donors (Lipinski definition) is 2. The lowest BCUT2D eigenvalue weighted by Gasteiger charge is -2.09. The summed E-state index contributed by atoms with van der Waals surface area (Å²) in [4.78, 5) is 34.9. The second-order valence-electron chi connectivity index (χ2n) is 5.27. The lowest BCUT2D eigenvalue weighted by Crippen LogP contribution is -2.17. The standard InChI is InChI=1S/C17H19N3O5S2/c1-2-25-17(22)15-13(11-3-5-12(6-4-11)20(23)24)9-27-16(15)19-14(21)10-26-8-7-18/h3-6,9H,2,7-8,10,18H2,1H3,(H,19,21). The number of carbonyl (C=O) groups is 2. The minimum atomic E-state index is -0.558. The number of benzene rings is 1. The van der Waals surface area contributed by atoms with Crippen LogP contribution in [0.25, 0.3) is 11.1 Å². The van der Waals surface area contributed by atoms with Gasteiger partial charge in [-0.15, -0.1) is 11.3 Å². The predicted octanol–water partition coefficient (Wildman–Crippen LogP) is 3.13. The van der Waals surface area contributed by atoms with Gasteiger partial charge in [0.25, 0.3) is 5.69 Å². The average Bonchev–Trinajstić information content (AvgIpc) is 3.05. The minimum Gasteiger partial charge on any atom is -0.462 e. The van der Waals surface area contributed by atoms with E-state index in [0.29, 0.717) is 28.4 Å². The predicted molar refractivity (Wildman–Crippen MR) is 107 cm³/mol. The number of nitro groups is 1. The molecule has 10 heteroatoms. The van der Waals surface area contributed by atoms with Crippen LogP contribution in [0.4, 0.5) is 10.7 Å². The third-order valence-corrected chi connectivity index (χ3v) is 5.29. The van der Waals surface area contributed by atoms with E-state index in [-0.39, 0.29) is 29.5 Å². The van der Waals surface area contributed by atoms with Crippen molar-refractivity contribution in [2.75, 3.05) is 30.0 Å². The molecule has 0 fully saturated rings. The molecule has 2 rings (SSSR count). The molecule has 0 unspecified atom stereocenters. The summed E-state index contributed by atoms with van der Waals surface area (Å²) < 4.78 is 5.12. The van der Waals surface area contributed by atoms with E-state index in [1.165, 1.54) is 35.2 Å². The molecule has 0 aliphatic rings. The van der Waals surface area contributed by atoms with Crippen molar-refractivity contribution in [3.8, 4) is 11.1 Å². The second kappa shape index (κ2) is 10.0. The van der Waals surface area contributed by atoms with E-state index >= 15 is 0 Å². The highest BCUT2D eigenvalue weighted by molar-refractivity contribution is 7.99. The van der Waals surface area contributed by atoms with Gasteiger partial charge in [0.2, 0.25) is 5.91 Å². The number of esters is 1. The van der Waals surface area contributed by atoms with Crippen LogP contribution in [0.2, 0.25) is 0 Å². The average molecular weight is 409 g/mol. The molecule has 0 aliphatic heterocycles. The first-order valence-corrected chi connectivity index (χ1v) is 10.1. The molecule has 0 radical (unpaired) electrons. The Balaban J connectivity index is 2.32. The summed E-state index contributed by atoms with van der Waals surface area (Å²) in [5.41, 5.74) is 6.78. The van der Waals surface area contributed by atoms with Crippen molar-refractivity contribution in [2.45, 2.75) is 6.92 Å². The van der Waals surface area contributed by atoms with Crippen LogP contribution in [-0.4, -0.2) is 41.5 Å². The number of thiophene rings is 1. The quantitative estimate of drug-likeness (QED) is 0.282. The molecule has 0 bridgehead atoms. The number of nitrogens with two attached hydrogens (primary N) is 1. The minimum absolute atomic E-state index is 0.0443. The molecule has 144 valence electrons. The first kappa shape index (κ1) is 20.9. The van der Waals surface area contributed by atoms with E-state index in [0.717, 1.165) is 0 Å².